The predicted molar refractivity (Wildman–Crippen MR) is 95.8 cm³/mol. The van der Waals surface area contributed by atoms with Gasteiger partial charge < -0.3 is 14.8 Å². The summed E-state index contributed by atoms with van der Waals surface area (Å²) in [4.78, 5) is 11.7. The Kier molecular flexibility index (Phi) is 5.93. The van der Waals surface area contributed by atoms with E-state index in [1.807, 2.05) is 31.2 Å². The number of amides is 1. The molecule has 0 saturated carbocycles. The lowest BCUT2D eigenvalue weighted by Gasteiger charge is -2.14. The third kappa shape index (κ3) is 4.66. The average Bonchev–Trinajstić information content (AvgIpc) is 2.54. The molecule has 0 atom stereocenters. The molecule has 122 valence electrons. The third-order valence-corrected chi connectivity index (χ3v) is 3.93. The van der Waals surface area contributed by atoms with E-state index in [-0.39, 0.29) is 5.24 Å². The Morgan fingerprint density at radius 1 is 1.17 bits per heavy atom. The molecule has 0 aliphatic rings. The van der Waals surface area contributed by atoms with Crippen molar-refractivity contribution in [1.82, 2.24) is 0 Å². The van der Waals surface area contributed by atoms with Crippen LogP contribution >= 0.6 is 11.8 Å². The number of thioether (sulfide) groups is 1. The molecule has 0 radical (unpaired) electrons. The smallest absolute Gasteiger partial charge is 0.283 e. The summed E-state index contributed by atoms with van der Waals surface area (Å²) in [5, 5.41) is 2.74. The van der Waals surface area contributed by atoms with Gasteiger partial charge in [0.05, 0.1) is 12.8 Å². The Morgan fingerprint density at radius 3 is 2.61 bits per heavy atom. The first-order chi connectivity index (χ1) is 11.0. The van der Waals surface area contributed by atoms with Crippen molar-refractivity contribution in [2.24, 2.45) is 0 Å². The van der Waals surface area contributed by atoms with Gasteiger partial charge in [0.25, 0.3) is 5.24 Å². The summed E-state index contributed by atoms with van der Waals surface area (Å²) in [5.74, 6) is 1.53. The lowest BCUT2D eigenvalue weighted by molar-refractivity contribution is 0.269. The lowest BCUT2D eigenvalue weighted by Crippen LogP contribution is -2.08. The number of aryl methyl sites for hydroxylation is 2. The van der Waals surface area contributed by atoms with E-state index in [1.165, 1.54) is 5.56 Å². The van der Waals surface area contributed by atoms with E-state index >= 15 is 0 Å². The molecule has 5 heteroatoms. The normalized spacial score (nSPS) is 10.3. The second kappa shape index (κ2) is 7.92. The standard InChI is InChI=1S/C18H21NO3S/c1-12-5-8-17(13(2)9-12)22-11-14-6-7-15(21-3)10-16(14)19-18(20)23-4/h5-10H,11H2,1-4H3,(H,19,20). The number of nitrogens with one attached hydrogen (secondary N) is 1. The molecule has 1 N–H and O–H groups in total. The molecule has 0 heterocycles. The molecule has 1 amide bonds. The molecule has 0 aliphatic carbocycles. The fourth-order valence-electron chi connectivity index (χ4n) is 2.20. The maximum absolute atomic E-state index is 11.7. The van der Waals surface area contributed by atoms with Crippen LogP contribution in [0, 0.1) is 13.8 Å². The summed E-state index contributed by atoms with van der Waals surface area (Å²) in [5.41, 5.74) is 3.89. The van der Waals surface area contributed by atoms with Crippen molar-refractivity contribution < 1.29 is 14.3 Å². The van der Waals surface area contributed by atoms with E-state index in [2.05, 4.69) is 18.3 Å². The highest BCUT2D eigenvalue weighted by molar-refractivity contribution is 8.13. The zero-order valence-corrected chi connectivity index (χ0v) is 14.6. The van der Waals surface area contributed by atoms with E-state index in [0.29, 0.717) is 18.0 Å². The summed E-state index contributed by atoms with van der Waals surface area (Å²) >= 11 is 1.13. The molecule has 23 heavy (non-hydrogen) atoms. The summed E-state index contributed by atoms with van der Waals surface area (Å²) in [6.07, 6.45) is 1.74. The van der Waals surface area contributed by atoms with Gasteiger partial charge in [0.1, 0.15) is 18.1 Å². The molecule has 4 nitrogen and oxygen atoms in total. The summed E-state index contributed by atoms with van der Waals surface area (Å²) < 4.78 is 11.1. The number of ether oxygens (including phenoxy) is 2. The molecular weight excluding hydrogens is 310 g/mol. The van der Waals surface area contributed by atoms with E-state index in [4.69, 9.17) is 9.47 Å². The minimum Gasteiger partial charge on any atom is -0.497 e. The van der Waals surface area contributed by atoms with Gasteiger partial charge in [-0.25, -0.2) is 0 Å². The van der Waals surface area contributed by atoms with Crippen LogP contribution in [0.25, 0.3) is 0 Å². The lowest BCUT2D eigenvalue weighted by atomic mass is 10.1. The van der Waals surface area contributed by atoms with Crippen molar-refractivity contribution in [2.75, 3.05) is 18.7 Å². The van der Waals surface area contributed by atoms with Gasteiger partial charge in [0.2, 0.25) is 0 Å². The predicted octanol–water partition coefficient (Wildman–Crippen LogP) is 4.79. The van der Waals surface area contributed by atoms with Gasteiger partial charge in [-0.3, -0.25) is 4.79 Å². The van der Waals surface area contributed by atoms with Crippen molar-refractivity contribution in [3.63, 3.8) is 0 Å². The zero-order valence-electron chi connectivity index (χ0n) is 13.8. The van der Waals surface area contributed by atoms with Crippen LogP contribution < -0.4 is 14.8 Å². The zero-order chi connectivity index (χ0) is 16.8. The van der Waals surface area contributed by atoms with Crippen LogP contribution in [0.1, 0.15) is 16.7 Å². The maximum atomic E-state index is 11.7. The number of benzene rings is 2. The van der Waals surface area contributed by atoms with Gasteiger partial charge in [-0.05, 0) is 43.9 Å². The van der Waals surface area contributed by atoms with Crippen LogP contribution in [0.2, 0.25) is 0 Å². The summed E-state index contributed by atoms with van der Waals surface area (Å²) in [7, 11) is 1.60. The monoisotopic (exact) mass is 331 g/mol. The summed E-state index contributed by atoms with van der Waals surface area (Å²) in [6, 6.07) is 11.6. The Morgan fingerprint density at radius 2 is 1.96 bits per heavy atom. The number of hydrogen-bond donors (Lipinski definition) is 1. The highest BCUT2D eigenvalue weighted by Crippen LogP contribution is 2.26. The number of carbonyl (C=O) groups excluding carboxylic acids is 1. The second-order valence-electron chi connectivity index (χ2n) is 5.20. The SMILES string of the molecule is COc1ccc(COc2ccc(C)cc2C)c(NC(=O)SC)c1. The van der Waals surface area contributed by atoms with E-state index in [0.717, 1.165) is 28.6 Å². The van der Waals surface area contributed by atoms with Crippen LogP contribution in [-0.2, 0) is 6.61 Å². The van der Waals surface area contributed by atoms with Crippen LogP contribution in [0.15, 0.2) is 36.4 Å². The number of methoxy groups -OCH3 is 1. The van der Waals surface area contributed by atoms with Crippen LogP contribution in [0.4, 0.5) is 10.5 Å². The van der Waals surface area contributed by atoms with Gasteiger partial charge >= 0.3 is 0 Å². The molecule has 0 unspecified atom stereocenters. The van der Waals surface area contributed by atoms with Crippen LogP contribution in [-0.4, -0.2) is 18.6 Å². The second-order valence-corrected chi connectivity index (χ2v) is 5.98. The Balaban J connectivity index is 2.19. The Bertz CT molecular complexity index is 701. The average molecular weight is 331 g/mol. The molecule has 0 fully saturated rings. The van der Waals surface area contributed by atoms with Crippen LogP contribution in [0.3, 0.4) is 0 Å². The first kappa shape index (κ1) is 17.2. The highest BCUT2D eigenvalue weighted by atomic mass is 32.2. The van der Waals surface area contributed by atoms with E-state index < -0.39 is 0 Å². The molecule has 2 aromatic carbocycles. The third-order valence-electron chi connectivity index (χ3n) is 3.45. The Hall–Kier alpha value is -2.14. The summed E-state index contributed by atoms with van der Waals surface area (Å²) in [6.45, 7) is 4.45. The van der Waals surface area contributed by atoms with Gasteiger partial charge in [-0.15, -0.1) is 0 Å². The molecule has 0 aromatic heterocycles. The number of carbonyl (C=O) groups is 1. The minimum absolute atomic E-state index is 0.119. The van der Waals surface area contributed by atoms with Crippen LogP contribution in [0.5, 0.6) is 11.5 Å². The largest absolute Gasteiger partial charge is 0.497 e. The maximum Gasteiger partial charge on any atom is 0.283 e. The quantitative estimate of drug-likeness (QED) is 0.856. The van der Waals surface area contributed by atoms with Crippen molar-refractivity contribution in [3.05, 3.63) is 53.1 Å². The van der Waals surface area contributed by atoms with Gasteiger partial charge in [-0.1, -0.05) is 29.5 Å². The van der Waals surface area contributed by atoms with Crippen molar-refractivity contribution in [2.45, 2.75) is 20.5 Å². The molecule has 0 saturated heterocycles. The van der Waals surface area contributed by atoms with Gasteiger partial charge in [0.15, 0.2) is 0 Å². The fraction of sp³-hybridized carbons (Fsp3) is 0.278. The van der Waals surface area contributed by atoms with Gasteiger partial charge in [0, 0.05) is 11.6 Å². The molecule has 0 aliphatic heterocycles. The highest BCUT2D eigenvalue weighted by Gasteiger charge is 2.09. The minimum atomic E-state index is -0.119. The van der Waals surface area contributed by atoms with E-state index in [9.17, 15) is 4.79 Å². The Labute approximate surface area is 141 Å². The fourth-order valence-corrected chi connectivity index (χ4v) is 2.41. The van der Waals surface area contributed by atoms with E-state index in [1.54, 1.807) is 19.4 Å². The molecule has 2 aromatic rings. The number of anilines is 1. The van der Waals surface area contributed by atoms with Gasteiger partial charge in [-0.2, -0.15) is 0 Å². The molecule has 2 rings (SSSR count). The number of rotatable bonds is 5. The van der Waals surface area contributed by atoms with Crippen molar-refractivity contribution >= 4 is 22.7 Å². The van der Waals surface area contributed by atoms with Crippen molar-refractivity contribution in [1.29, 1.82) is 0 Å². The number of hydrogen-bond acceptors (Lipinski definition) is 4. The molecule has 0 spiro atoms. The molecule has 0 bridgehead atoms. The first-order valence-corrected chi connectivity index (χ1v) is 8.48. The topological polar surface area (TPSA) is 47.6 Å². The van der Waals surface area contributed by atoms with Crippen molar-refractivity contribution in [3.8, 4) is 11.5 Å². The first-order valence-electron chi connectivity index (χ1n) is 7.25. The molecular formula is C18H21NO3S.